The molecule has 5 aliphatic rings. The predicted octanol–water partition coefficient (Wildman–Crippen LogP) is 12.3. The molecule has 13 rings (SSSR count). The smallest absolute Gasteiger partial charge is 0.416 e. The van der Waals surface area contributed by atoms with E-state index in [1.807, 2.05) is 0 Å². The van der Waals surface area contributed by atoms with Crippen molar-refractivity contribution in [2.24, 2.45) is 18.4 Å². The number of fused-ring (bicyclic) bond motifs is 2. The summed E-state index contributed by atoms with van der Waals surface area (Å²) in [5, 5.41) is 52.6. The molecule has 4 aromatic heterocycles. The van der Waals surface area contributed by atoms with Gasteiger partial charge >= 0.3 is 24.4 Å². The fourth-order valence-electron chi connectivity index (χ4n) is 13.4. The monoisotopic (exact) mass is 1290 g/mol. The van der Waals surface area contributed by atoms with Crippen molar-refractivity contribution in [1.29, 1.82) is 10.5 Å². The molecule has 3 fully saturated rings. The van der Waals surface area contributed by atoms with E-state index in [4.69, 9.17) is 4.98 Å². The maximum Gasteiger partial charge on any atom is 0.416 e. The van der Waals surface area contributed by atoms with Crippen LogP contribution in [0.15, 0.2) is 97.6 Å². The number of anilines is 4. The molecule has 4 aliphatic heterocycles. The lowest BCUT2D eigenvalue weighted by molar-refractivity contribution is -0.139. The van der Waals surface area contributed by atoms with Crippen molar-refractivity contribution < 1.29 is 45.8 Å². The summed E-state index contributed by atoms with van der Waals surface area (Å²) in [6.45, 7) is 5.05. The highest BCUT2D eigenvalue weighted by Gasteiger charge is 2.48. The number of nitrogens with zero attached hydrogens (tertiary/aromatic N) is 15. The molecular weight excluding hydrogens is 1230 g/mol. The number of aromatic carboxylic acids is 1. The summed E-state index contributed by atoms with van der Waals surface area (Å²) in [6.07, 6.45) is -1.02. The van der Waals surface area contributed by atoms with Crippen molar-refractivity contribution >= 4 is 41.1 Å². The van der Waals surface area contributed by atoms with E-state index in [2.05, 4.69) is 75.9 Å². The zero-order valence-electron chi connectivity index (χ0n) is 51.7. The molecule has 0 radical (unpaired) electrons. The molecule has 1 aliphatic carbocycles. The van der Waals surface area contributed by atoms with E-state index in [1.54, 1.807) is 54.1 Å². The van der Waals surface area contributed by atoms with Gasteiger partial charge in [-0.2, -0.15) is 36.9 Å². The molecule has 0 unspecified atom stereocenters. The van der Waals surface area contributed by atoms with E-state index in [0.717, 1.165) is 75.3 Å². The van der Waals surface area contributed by atoms with Gasteiger partial charge in [-0.15, -0.1) is 20.4 Å². The minimum absolute atomic E-state index is 0.0301. The number of carboxylic acid groups (broad SMARTS) is 1. The zero-order valence-corrected chi connectivity index (χ0v) is 51.7. The van der Waals surface area contributed by atoms with Crippen molar-refractivity contribution in [1.82, 2.24) is 49.4 Å². The number of piperidine rings is 1. The second-order valence-corrected chi connectivity index (χ2v) is 25.1. The Morgan fingerprint density at radius 3 is 1.85 bits per heavy atom. The molecule has 95 heavy (non-hydrogen) atoms. The van der Waals surface area contributed by atoms with Crippen molar-refractivity contribution in [3.63, 3.8) is 0 Å². The quantitative estimate of drug-likeness (QED) is 0.0534. The second-order valence-electron chi connectivity index (χ2n) is 25.1. The number of benzene rings is 4. The molecule has 2 amide bonds. The number of carboxylic acids is 1. The van der Waals surface area contributed by atoms with Gasteiger partial charge in [0.2, 0.25) is 5.82 Å². The number of pyridine rings is 2. The molecule has 1 atom stereocenters. The number of nitrogens with one attached hydrogen (secondary N) is 2. The second kappa shape index (κ2) is 25.4. The summed E-state index contributed by atoms with van der Waals surface area (Å²) in [5.74, 6) is -1.44. The fourth-order valence-corrected chi connectivity index (χ4v) is 13.4. The van der Waals surface area contributed by atoms with Gasteiger partial charge in [0.25, 0.3) is 11.8 Å². The van der Waals surface area contributed by atoms with E-state index < -0.39 is 54.4 Å². The largest absolute Gasteiger partial charge is 0.478 e. The molecule has 21 nitrogen and oxygen atoms in total. The van der Waals surface area contributed by atoms with Crippen molar-refractivity contribution in [2.45, 2.75) is 96.8 Å². The fraction of sp³-hybridized carbons (Fsp3) is 0.353. The van der Waals surface area contributed by atoms with Gasteiger partial charge in [0.05, 0.1) is 48.3 Å². The average Bonchev–Trinajstić information content (AvgIpc) is 1.65. The Bertz CT molecular complexity index is 4550. The lowest BCUT2D eigenvalue weighted by Gasteiger charge is -2.31. The molecule has 0 bridgehead atoms. The van der Waals surface area contributed by atoms with Gasteiger partial charge in [-0.1, -0.05) is 6.92 Å². The highest BCUT2D eigenvalue weighted by atomic mass is 19.4. The van der Waals surface area contributed by atoms with Crippen molar-refractivity contribution in [2.75, 3.05) is 59.7 Å². The number of carbonyl (C=O) groups is 3. The third-order valence-electron chi connectivity index (χ3n) is 18.3. The Morgan fingerprint density at radius 1 is 0.684 bits per heavy atom. The normalized spacial score (nSPS) is 16.8. The van der Waals surface area contributed by atoms with E-state index in [9.17, 15) is 30.0 Å². The number of nitriles is 2. The van der Waals surface area contributed by atoms with Crippen LogP contribution in [0.25, 0.3) is 50.0 Å². The molecule has 2 saturated heterocycles. The van der Waals surface area contributed by atoms with Gasteiger partial charge < -0.3 is 20.3 Å². The number of aromatic nitrogens is 8. The van der Waals surface area contributed by atoms with Crippen LogP contribution >= 0.6 is 0 Å². The molecule has 484 valence electrons. The lowest BCUT2D eigenvalue weighted by Crippen LogP contribution is -2.33. The summed E-state index contributed by atoms with van der Waals surface area (Å²) < 4.78 is 93.3. The van der Waals surface area contributed by atoms with Crippen LogP contribution < -0.4 is 20.4 Å². The highest BCUT2D eigenvalue weighted by molar-refractivity contribution is 6.11. The minimum Gasteiger partial charge on any atom is -0.478 e. The molecule has 1 saturated carbocycles. The third-order valence-corrected chi connectivity index (χ3v) is 18.3. The number of hydrogen-bond donors (Lipinski definition) is 3. The molecule has 4 aromatic carbocycles. The molecule has 3 N–H and O–H groups in total. The minimum atomic E-state index is -4.80. The summed E-state index contributed by atoms with van der Waals surface area (Å²) in [6, 6.07) is 28.3. The number of aryl methyl sites for hydroxylation is 1. The van der Waals surface area contributed by atoms with Crippen LogP contribution in [-0.4, -0.2) is 112 Å². The first-order valence-electron chi connectivity index (χ1n) is 31.2. The Hall–Kier alpha value is -10.6. The van der Waals surface area contributed by atoms with E-state index in [-0.39, 0.29) is 118 Å². The Balaban J connectivity index is 0.865. The van der Waals surface area contributed by atoms with Crippen LogP contribution in [0.2, 0.25) is 0 Å². The van der Waals surface area contributed by atoms with Crippen LogP contribution in [0.4, 0.5) is 49.6 Å². The number of carbonyl (C=O) groups excluding carboxylic acids is 2. The molecular formula is C68H62F6N17O4+. The van der Waals surface area contributed by atoms with Gasteiger partial charge in [0.15, 0.2) is 12.2 Å². The van der Waals surface area contributed by atoms with Crippen molar-refractivity contribution in [3.8, 4) is 63.2 Å². The maximum absolute atomic E-state index is 15.1. The Morgan fingerprint density at radius 2 is 1.27 bits per heavy atom. The van der Waals surface area contributed by atoms with E-state index >= 15 is 26.3 Å². The topological polar surface area (TPSA) is 248 Å². The maximum atomic E-state index is 15.1. The number of unbranched alkanes of at least 4 members (excludes halogenated alkanes) is 1. The number of rotatable bonds is 18. The summed E-state index contributed by atoms with van der Waals surface area (Å²) in [7, 11) is 1.74. The number of likely N-dealkylation sites (tertiary alicyclic amines) is 2. The third kappa shape index (κ3) is 13.1. The van der Waals surface area contributed by atoms with Gasteiger partial charge in [0, 0.05) is 79.7 Å². The van der Waals surface area contributed by atoms with Crippen LogP contribution in [0, 0.1) is 40.1 Å². The zero-order chi connectivity index (χ0) is 66.5. The molecule has 27 heteroatoms. The Kier molecular flexibility index (Phi) is 16.9. The SMILES string of the molecule is C[C@H]1CCCN(Cc2cc3c(c(C(F)(F)F)c2)CN(c2cc(-c4cc(C#[N+]n5cnnc5-c5ccc(C(=O)O)cc5-c5cc(NCCC#N)nc(N6Cc7c(cc(CN8CCC9(CC9)C8)cc7C(F)(F)F)C6=O)c5)ccc4-c4nncn4C)cc(NCCCC#N)n2)C3=O)C1. The van der Waals surface area contributed by atoms with Crippen LogP contribution in [0.3, 0.4) is 0 Å². The lowest BCUT2D eigenvalue weighted by atomic mass is 9.96. The van der Waals surface area contributed by atoms with E-state index in [1.165, 1.54) is 52.6 Å². The summed E-state index contributed by atoms with van der Waals surface area (Å²) in [4.78, 5) is 62.7. The van der Waals surface area contributed by atoms with Crippen LogP contribution in [0.5, 0.6) is 0 Å². The average molecular weight is 1300 g/mol. The molecule has 8 heterocycles. The van der Waals surface area contributed by atoms with Gasteiger partial charge in [0.1, 0.15) is 40.1 Å². The first-order valence-corrected chi connectivity index (χ1v) is 31.2. The van der Waals surface area contributed by atoms with Gasteiger partial charge in [-0.05, 0) is 192 Å². The Labute approximate surface area is 541 Å². The van der Waals surface area contributed by atoms with Gasteiger partial charge in [-0.3, -0.25) is 29.2 Å². The van der Waals surface area contributed by atoms with Crippen LogP contribution in [0.1, 0.15) is 128 Å². The van der Waals surface area contributed by atoms with Crippen LogP contribution in [-0.2, 0) is 45.6 Å². The van der Waals surface area contributed by atoms with E-state index in [0.29, 0.717) is 51.5 Å². The van der Waals surface area contributed by atoms with Gasteiger partial charge in [-0.25, -0.2) is 14.8 Å². The molecule has 8 aromatic rings. The number of halogens is 6. The highest BCUT2D eigenvalue weighted by Crippen LogP contribution is 2.53. The summed E-state index contributed by atoms with van der Waals surface area (Å²) >= 11 is 0. The summed E-state index contributed by atoms with van der Waals surface area (Å²) in [5.41, 5.74) is 1.00. The number of hydrogen-bond acceptors (Lipinski definition) is 15. The van der Waals surface area contributed by atoms with Crippen molar-refractivity contribution in [3.05, 3.63) is 158 Å². The standard InChI is InChI=1S/C68H61F6N17O4/c1-40-7-5-19-87(32-40)33-42-22-51-53(55(24-42)67(69,70)71)35-89(63(51)92)59-29-45(27-57(82-59)77-17-4-3-15-75)49-21-41(8-10-47(49)61-84-79-38-86(61)2)31-81-91-39-80-85-62(91)48-11-9-44(65(94)95)26-50(48)46-28-58(78-18-6-16-76)83-60(30-46)90-36-54-52(64(90)93)23-43(25-56(54)68(72,73)74)34-88-20-14-66(37-88)12-13-66/h8-11,21-30,38-40H,3-7,12-14,17-20,32-37H2,1-2H3,(H2-,77,78,82,83,94,95)/p+1/t40-/m0/s1. The first-order chi connectivity index (χ1) is 45.6. The first kappa shape index (κ1) is 63.2. The predicted molar refractivity (Wildman–Crippen MR) is 338 cm³/mol. The number of amides is 2. The molecule has 1 spiro atoms. The number of alkyl halides is 6.